The number of hydrogen-bond donors (Lipinski definition) is 1. The molecule has 0 saturated carbocycles. The van der Waals surface area contributed by atoms with E-state index in [-0.39, 0.29) is 11.9 Å². The summed E-state index contributed by atoms with van der Waals surface area (Å²) >= 11 is 1.17. The fourth-order valence-electron chi connectivity index (χ4n) is 1.95. The number of carbonyl (C=O) groups is 2. The van der Waals surface area contributed by atoms with Crippen LogP contribution in [0.3, 0.4) is 0 Å². The van der Waals surface area contributed by atoms with Gasteiger partial charge in [-0.05, 0) is 17.8 Å². The van der Waals surface area contributed by atoms with Crippen molar-refractivity contribution in [2.24, 2.45) is 0 Å². The largest absolute Gasteiger partial charge is 0.472 e. The molecule has 0 aliphatic carbocycles. The number of hydrogen-bond acceptors (Lipinski definition) is 6. The van der Waals surface area contributed by atoms with Crippen LogP contribution >= 0.6 is 11.3 Å². The number of methoxy groups -OCH3 is 1. The van der Waals surface area contributed by atoms with Gasteiger partial charge in [-0.15, -0.1) is 5.10 Å². The maximum absolute atomic E-state index is 12.1. The molecule has 1 aromatic heterocycles. The highest BCUT2D eigenvalue weighted by molar-refractivity contribution is 7.17. The monoisotopic (exact) mass is 299 g/mol. The van der Waals surface area contributed by atoms with Crippen LogP contribution in [-0.4, -0.2) is 65.2 Å². The lowest BCUT2D eigenvalue weighted by Gasteiger charge is -2.20. The standard InChI is InChI=1S/C11H17N5O3S/c1-8(17)15-4-3-5-16(7-6-15)10(18)12-9-13-14-11(19-2)20-9/h3-7H2,1-2H3,(H,12,13,18). The van der Waals surface area contributed by atoms with E-state index in [1.165, 1.54) is 18.4 Å². The zero-order chi connectivity index (χ0) is 14.5. The van der Waals surface area contributed by atoms with Crippen LogP contribution in [0.5, 0.6) is 5.19 Å². The number of ether oxygens (including phenoxy) is 1. The van der Waals surface area contributed by atoms with Crippen LogP contribution in [0.15, 0.2) is 0 Å². The number of nitrogens with one attached hydrogen (secondary N) is 1. The summed E-state index contributed by atoms with van der Waals surface area (Å²) in [4.78, 5) is 26.9. The van der Waals surface area contributed by atoms with Gasteiger partial charge in [-0.3, -0.25) is 10.1 Å². The van der Waals surface area contributed by atoms with Crippen LogP contribution in [0.4, 0.5) is 9.93 Å². The van der Waals surface area contributed by atoms with Gasteiger partial charge in [-0.1, -0.05) is 5.10 Å². The smallest absolute Gasteiger partial charge is 0.323 e. The average molecular weight is 299 g/mol. The van der Waals surface area contributed by atoms with E-state index in [2.05, 4.69) is 15.5 Å². The molecule has 0 bridgehead atoms. The fourth-order valence-corrected chi connectivity index (χ4v) is 2.50. The number of amides is 3. The van der Waals surface area contributed by atoms with Crippen molar-refractivity contribution in [2.75, 3.05) is 38.6 Å². The number of urea groups is 1. The second-order valence-electron chi connectivity index (χ2n) is 4.35. The molecule has 1 aromatic rings. The van der Waals surface area contributed by atoms with E-state index in [9.17, 15) is 9.59 Å². The zero-order valence-electron chi connectivity index (χ0n) is 11.5. The molecule has 0 aromatic carbocycles. The van der Waals surface area contributed by atoms with Gasteiger partial charge in [0.15, 0.2) is 0 Å². The zero-order valence-corrected chi connectivity index (χ0v) is 12.3. The summed E-state index contributed by atoms with van der Waals surface area (Å²) in [6.45, 7) is 3.92. The van der Waals surface area contributed by atoms with Crippen LogP contribution < -0.4 is 10.1 Å². The quantitative estimate of drug-likeness (QED) is 0.865. The number of rotatable bonds is 2. The summed E-state index contributed by atoms with van der Waals surface area (Å²) in [5, 5.41) is 11.0. The van der Waals surface area contributed by atoms with E-state index in [0.29, 0.717) is 36.5 Å². The van der Waals surface area contributed by atoms with E-state index in [1.54, 1.807) is 16.7 Å². The highest BCUT2D eigenvalue weighted by Crippen LogP contribution is 2.21. The van der Waals surface area contributed by atoms with Gasteiger partial charge in [0.1, 0.15) is 0 Å². The lowest BCUT2D eigenvalue weighted by molar-refractivity contribution is -0.128. The summed E-state index contributed by atoms with van der Waals surface area (Å²) in [7, 11) is 1.50. The summed E-state index contributed by atoms with van der Waals surface area (Å²) in [6.07, 6.45) is 0.770. The van der Waals surface area contributed by atoms with Crippen molar-refractivity contribution in [3.8, 4) is 5.19 Å². The summed E-state index contributed by atoms with van der Waals surface area (Å²) < 4.78 is 4.92. The Morgan fingerprint density at radius 3 is 2.55 bits per heavy atom. The topological polar surface area (TPSA) is 87.7 Å². The Morgan fingerprint density at radius 2 is 1.90 bits per heavy atom. The van der Waals surface area contributed by atoms with E-state index in [4.69, 9.17) is 4.74 Å². The average Bonchev–Trinajstić information content (AvgIpc) is 2.72. The third-order valence-corrected chi connectivity index (χ3v) is 3.82. The molecule has 0 atom stereocenters. The molecule has 2 rings (SSSR count). The Morgan fingerprint density at radius 1 is 1.20 bits per heavy atom. The van der Waals surface area contributed by atoms with Gasteiger partial charge in [0.2, 0.25) is 11.0 Å². The lowest BCUT2D eigenvalue weighted by atomic mass is 10.4. The lowest BCUT2D eigenvalue weighted by Crippen LogP contribution is -2.38. The highest BCUT2D eigenvalue weighted by atomic mass is 32.1. The van der Waals surface area contributed by atoms with E-state index < -0.39 is 0 Å². The minimum absolute atomic E-state index is 0.0427. The first-order chi connectivity index (χ1) is 9.60. The fraction of sp³-hybridized carbons (Fsp3) is 0.636. The van der Waals surface area contributed by atoms with Gasteiger partial charge < -0.3 is 14.5 Å². The predicted octanol–water partition coefficient (Wildman–Crippen LogP) is 0.633. The van der Waals surface area contributed by atoms with Gasteiger partial charge in [0.25, 0.3) is 5.19 Å². The summed E-state index contributed by atoms with van der Waals surface area (Å²) in [5.74, 6) is 0.0427. The molecule has 1 fully saturated rings. The van der Waals surface area contributed by atoms with Gasteiger partial charge >= 0.3 is 6.03 Å². The number of carbonyl (C=O) groups excluding carboxylic acids is 2. The van der Waals surface area contributed by atoms with Crippen molar-refractivity contribution in [3.63, 3.8) is 0 Å². The van der Waals surface area contributed by atoms with Gasteiger partial charge in [-0.25, -0.2) is 4.79 Å². The van der Waals surface area contributed by atoms with Crippen molar-refractivity contribution in [1.82, 2.24) is 20.0 Å². The molecule has 110 valence electrons. The van der Waals surface area contributed by atoms with Gasteiger partial charge in [0, 0.05) is 33.1 Å². The normalized spacial score (nSPS) is 15.7. The summed E-state index contributed by atoms with van der Waals surface area (Å²) in [5.41, 5.74) is 0. The molecular formula is C11H17N5O3S. The SMILES string of the molecule is COc1nnc(NC(=O)N2CCCN(C(C)=O)CC2)s1. The van der Waals surface area contributed by atoms with E-state index in [1.807, 2.05) is 0 Å². The molecule has 1 aliphatic rings. The summed E-state index contributed by atoms with van der Waals surface area (Å²) in [6, 6.07) is -0.228. The van der Waals surface area contributed by atoms with Crippen LogP contribution in [-0.2, 0) is 4.79 Å². The Labute approximate surface area is 120 Å². The Hall–Kier alpha value is -1.90. The third-order valence-electron chi connectivity index (χ3n) is 3.02. The molecule has 1 aliphatic heterocycles. The van der Waals surface area contributed by atoms with Crippen LogP contribution in [0.2, 0.25) is 0 Å². The van der Waals surface area contributed by atoms with Crippen LogP contribution in [0, 0.1) is 0 Å². The Balaban J connectivity index is 1.90. The number of aromatic nitrogens is 2. The molecule has 1 N–H and O–H groups in total. The maximum atomic E-state index is 12.1. The van der Waals surface area contributed by atoms with E-state index in [0.717, 1.165) is 6.42 Å². The van der Waals surface area contributed by atoms with Crippen molar-refractivity contribution in [1.29, 1.82) is 0 Å². The molecule has 8 nitrogen and oxygen atoms in total. The molecule has 2 heterocycles. The molecule has 9 heteroatoms. The molecule has 1 saturated heterocycles. The highest BCUT2D eigenvalue weighted by Gasteiger charge is 2.21. The predicted molar refractivity (Wildman–Crippen MR) is 73.9 cm³/mol. The Kier molecular flexibility index (Phi) is 4.72. The van der Waals surface area contributed by atoms with Crippen LogP contribution in [0.25, 0.3) is 0 Å². The minimum Gasteiger partial charge on any atom is -0.472 e. The van der Waals surface area contributed by atoms with Crippen molar-refractivity contribution in [2.45, 2.75) is 13.3 Å². The van der Waals surface area contributed by atoms with Crippen molar-refractivity contribution < 1.29 is 14.3 Å². The molecule has 3 amide bonds. The molecule has 0 spiro atoms. The van der Waals surface area contributed by atoms with Gasteiger partial charge in [-0.2, -0.15) is 0 Å². The number of anilines is 1. The first-order valence-corrected chi connectivity index (χ1v) is 7.10. The Bertz CT molecular complexity index is 492. The second-order valence-corrected chi connectivity index (χ2v) is 5.29. The van der Waals surface area contributed by atoms with E-state index >= 15 is 0 Å². The first kappa shape index (κ1) is 14.5. The third kappa shape index (κ3) is 3.56. The second kappa shape index (κ2) is 6.51. The molecular weight excluding hydrogens is 282 g/mol. The molecule has 0 unspecified atom stereocenters. The van der Waals surface area contributed by atoms with Gasteiger partial charge in [0.05, 0.1) is 7.11 Å². The first-order valence-electron chi connectivity index (χ1n) is 6.29. The molecule has 0 radical (unpaired) electrons. The van der Waals surface area contributed by atoms with Crippen molar-refractivity contribution >= 4 is 28.4 Å². The van der Waals surface area contributed by atoms with Crippen molar-refractivity contribution in [3.05, 3.63) is 0 Å². The molecule has 20 heavy (non-hydrogen) atoms. The maximum Gasteiger partial charge on any atom is 0.323 e. The number of nitrogens with zero attached hydrogens (tertiary/aromatic N) is 4. The minimum atomic E-state index is -0.228. The van der Waals surface area contributed by atoms with Crippen LogP contribution in [0.1, 0.15) is 13.3 Å².